The Balaban J connectivity index is 0.000000309. The largest absolute Gasteiger partial charge is 0.319 e. The number of hydrogen-bond donors (Lipinski definition) is 1. The van der Waals surface area contributed by atoms with Gasteiger partial charge in [-0.2, -0.15) is 0 Å². The number of rotatable bonds is 1. The summed E-state index contributed by atoms with van der Waals surface area (Å²) in [4.78, 5) is 0. The summed E-state index contributed by atoms with van der Waals surface area (Å²) < 4.78 is 41.6. The maximum Gasteiger partial charge on any atom is 0.319 e. The number of nitrogens with one attached hydrogen (secondary N) is 1. The van der Waals surface area contributed by atoms with Crippen LogP contribution in [0.25, 0.3) is 17.0 Å². The summed E-state index contributed by atoms with van der Waals surface area (Å²) in [7, 11) is -4.94. The fraction of sp³-hybridized carbons (Fsp3) is 0.214. The topological polar surface area (TPSA) is 121 Å². The molecule has 0 amide bonds. The summed E-state index contributed by atoms with van der Waals surface area (Å²) in [5.74, 6) is 1.89. The molecule has 0 saturated heterocycles. The number of allylic oxidation sites excluding steroid dienone is 1. The Hall–Kier alpha value is -1.90. The Kier molecular flexibility index (Phi) is 4.84. The molecule has 0 aliphatic carbocycles. The van der Waals surface area contributed by atoms with Crippen LogP contribution in [0.15, 0.2) is 47.0 Å². The van der Waals surface area contributed by atoms with Crippen LogP contribution in [-0.4, -0.2) is 6.04 Å². The molecule has 1 aliphatic heterocycles. The van der Waals surface area contributed by atoms with Gasteiger partial charge in [0.1, 0.15) is 11.7 Å². The van der Waals surface area contributed by atoms with E-state index in [0.717, 1.165) is 22.8 Å². The van der Waals surface area contributed by atoms with Crippen LogP contribution in [0.1, 0.15) is 13.8 Å². The monoisotopic (exact) mass is 326 g/mol. The first-order valence-electron chi connectivity index (χ1n) is 6.43. The van der Waals surface area contributed by atoms with Crippen LogP contribution in [0.3, 0.4) is 0 Å². The van der Waals surface area contributed by atoms with Gasteiger partial charge < -0.3 is 0 Å². The molecular formula is C14H15ClN2O5. The Labute approximate surface area is 129 Å². The summed E-state index contributed by atoms with van der Waals surface area (Å²) in [5, 5.41) is 3.37. The lowest BCUT2D eigenvalue weighted by atomic mass is 10.2. The molecule has 0 saturated carbocycles. The lowest BCUT2D eigenvalue weighted by molar-refractivity contribution is -2.00. The summed E-state index contributed by atoms with van der Waals surface area (Å²) in [6.07, 6.45) is 2.14. The molecule has 118 valence electrons. The molecular weight excluding hydrogens is 312 g/mol. The normalized spacial score (nSPS) is 16.8. The molecule has 0 spiro atoms. The molecule has 1 atom stereocenters. The number of halogens is 1. The van der Waals surface area contributed by atoms with Crippen molar-refractivity contribution in [2.45, 2.75) is 19.9 Å². The highest BCUT2D eigenvalue weighted by atomic mass is 35.7. The molecule has 8 heteroatoms. The molecule has 1 aromatic heterocycles. The van der Waals surface area contributed by atoms with E-state index >= 15 is 0 Å². The van der Waals surface area contributed by atoms with Gasteiger partial charge in [-0.25, -0.2) is 18.6 Å². The lowest BCUT2D eigenvalue weighted by Gasteiger charge is -2.17. The van der Waals surface area contributed by atoms with Crippen molar-refractivity contribution in [3.8, 4) is 11.3 Å². The number of hydrogen-bond acceptors (Lipinski definition) is 6. The first-order chi connectivity index (χ1) is 10.2. The number of fused-ring (bicyclic) bond motifs is 1. The SMILES string of the molecule is CC1=CC(C)Nc2cc(-c3ccccc3)o[n+]21.[O-][Cl+3]([O-])([O-])[O-]. The van der Waals surface area contributed by atoms with Crippen LogP contribution in [0.2, 0.25) is 0 Å². The molecule has 2 heterocycles. The third-order valence-corrected chi connectivity index (χ3v) is 2.92. The van der Waals surface area contributed by atoms with E-state index in [1.54, 1.807) is 0 Å². The molecule has 0 radical (unpaired) electrons. The minimum Gasteiger partial charge on any atom is -0.295 e. The first-order valence-corrected chi connectivity index (χ1v) is 7.66. The molecule has 1 aromatic carbocycles. The first kappa shape index (κ1) is 16.5. The molecule has 2 aromatic rings. The van der Waals surface area contributed by atoms with Crippen LogP contribution in [0.5, 0.6) is 0 Å². The number of aromatic nitrogens is 1. The van der Waals surface area contributed by atoms with Crippen LogP contribution in [-0.2, 0) is 0 Å². The van der Waals surface area contributed by atoms with Gasteiger partial charge in [-0.1, -0.05) is 30.3 Å². The predicted octanol–water partition coefficient (Wildman–Crippen LogP) is -1.85. The van der Waals surface area contributed by atoms with E-state index in [1.807, 2.05) is 41.1 Å². The van der Waals surface area contributed by atoms with Crippen LogP contribution < -0.4 is 28.7 Å². The van der Waals surface area contributed by atoms with Gasteiger partial charge in [0.15, 0.2) is 5.76 Å². The van der Waals surface area contributed by atoms with Gasteiger partial charge in [0, 0.05) is 18.6 Å². The number of nitrogens with zero attached hydrogens (tertiary/aromatic N) is 1. The van der Waals surface area contributed by atoms with Gasteiger partial charge in [-0.15, -0.1) is 10.2 Å². The van der Waals surface area contributed by atoms with Crippen molar-refractivity contribution in [3.05, 3.63) is 42.5 Å². The number of benzene rings is 1. The molecule has 1 unspecified atom stereocenters. The molecule has 22 heavy (non-hydrogen) atoms. The molecule has 1 aliphatic rings. The van der Waals surface area contributed by atoms with Crippen LogP contribution in [0.4, 0.5) is 5.82 Å². The zero-order chi connectivity index (χ0) is 16.3. The summed E-state index contributed by atoms with van der Waals surface area (Å²) in [6.45, 7) is 4.18. The summed E-state index contributed by atoms with van der Waals surface area (Å²) in [5.41, 5.74) is 2.21. The number of anilines is 1. The predicted molar refractivity (Wildman–Crippen MR) is 67.4 cm³/mol. The maximum atomic E-state index is 8.49. The lowest BCUT2D eigenvalue weighted by Crippen LogP contribution is -2.68. The zero-order valence-electron chi connectivity index (χ0n) is 12.0. The highest BCUT2D eigenvalue weighted by Gasteiger charge is 2.25. The third kappa shape index (κ3) is 4.55. The Morgan fingerprint density at radius 2 is 1.73 bits per heavy atom. The second-order valence-corrected chi connectivity index (χ2v) is 5.52. The molecule has 1 N–H and O–H groups in total. The highest BCUT2D eigenvalue weighted by Crippen LogP contribution is 2.24. The fourth-order valence-electron chi connectivity index (χ4n) is 2.16. The second-order valence-electron chi connectivity index (χ2n) is 4.76. The Morgan fingerprint density at radius 1 is 1.14 bits per heavy atom. The molecule has 0 bridgehead atoms. The minimum atomic E-state index is -4.94. The summed E-state index contributed by atoms with van der Waals surface area (Å²) in [6, 6.07) is 12.5. The van der Waals surface area contributed by atoms with Crippen molar-refractivity contribution < 1.29 is 38.1 Å². The van der Waals surface area contributed by atoms with E-state index in [4.69, 9.17) is 23.2 Å². The average Bonchev–Trinajstić information content (AvgIpc) is 2.82. The summed E-state index contributed by atoms with van der Waals surface area (Å²) >= 11 is 0. The van der Waals surface area contributed by atoms with Gasteiger partial charge in [-0.05, 0) is 11.7 Å². The van der Waals surface area contributed by atoms with Gasteiger partial charge in [0.2, 0.25) is 0 Å². The molecule has 3 rings (SSSR count). The minimum absolute atomic E-state index is 0.344. The van der Waals surface area contributed by atoms with Crippen molar-refractivity contribution in [1.82, 2.24) is 0 Å². The van der Waals surface area contributed by atoms with Crippen molar-refractivity contribution >= 4 is 11.5 Å². The molecule has 0 fully saturated rings. The highest BCUT2D eigenvalue weighted by molar-refractivity contribution is 5.60. The van der Waals surface area contributed by atoms with Crippen molar-refractivity contribution in [1.29, 1.82) is 0 Å². The van der Waals surface area contributed by atoms with E-state index in [0.29, 0.717) is 6.04 Å². The van der Waals surface area contributed by atoms with Crippen LogP contribution in [0, 0.1) is 10.2 Å². The average molecular weight is 327 g/mol. The molecule has 7 nitrogen and oxygen atoms in total. The Morgan fingerprint density at radius 3 is 2.32 bits per heavy atom. The van der Waals surface area contributed by atoms with E-state index in [9.17, 15) is 0 Å². The van der Waals surface area contributed by atoms with Gasteiger partial charge in [0.05, 0.1) is 6.07 Å². The van der Waals surface area contributed by atoms with E-state index < -0.39 is 10.2 Å². The van der Waals surface area contributed by atoms with E-state index in [2.05, 4.69) is 25.2 Å². The van der Waals surface area contributed by atoms with Gasteiger partial charge in [-0.3, -0.25) is 9.84 Å². The quantitative estimate of drug-likeness (QED) is 0.614. The van der Waals surface area contributed by atoms with Crippen LogP contribution >= 0.6 is 0 Å². The van der Waals surface area contributed by atoms with Gasteiger partial charge >= 0.3 is 5.82 Å². The maximum absolute atomic E-state index is 8.49. The third-order valence-electron chi connectivity index (χ3n) is 2.92. The van der Waals surface area contributed by atoms with Crippen molar-refractivity contribution in [2.24, 2.45) is 0 Å². The van der Waals surface area contributed by atoms with Crippen molar-refractivity contribution in [2.75, 3.05) is 5.32 Å². The van der Waals surface area contributed by atoms with Gasteiger partial charge in [0.25, 0.3) is 0 Å². The van der Waals surface area contributed by atoms with E-state index in [-0.39, 0.29) is 0 Å². The van der Waals surface area contributed by atoms with Crippen molar-refractivity contribution in [3.63, 3.8) is 0 Å². The smallest absolute Gasteiger partial charge is 0.295 e. The standard InChI is InChI=1S/C14H14N2O.ClHO4/c1-10-8-11(2)16-14(15-10)9-13(17-16)12-6-4-3-5-7-12;2-1(3,4)5/h3-10H,1-2H3;(H,2,3,4,5). The fourth-order valence-corrected chi connectivity index (χ4v) is 2.16. The van der Waals surface area contributed by atoms with E-state index in [1.165, 1.54) is 0 Å². The Bertz CT molecular complexity index is 658. The zero-order valence-corrected chi connectivity index (χ0v) is 12.7. The second kappa shape index (κ2) is 6.47.